The van der Waals surface area contributed by atoms with Gasteiger partial charge in [0, 0.05) is 6.54 Å². The zero-order chi connectivity index (χ0) is 13.7. The lowest BCUT2D eigenvalue weighted by Crippen LogP contribution is -2.40. The molecule has 2 fully saturated rings. The summed E-state index contributed by atoms with van der Waals surface area (Å²) >= 11 is 0. The number of carbonyl (C=O) groups excluding carboxylic acids is 1. The van der Waals surface area contributed by atoms with Gasteiger partial charge in [-0.05, 0) is 31.6 Å². The Labute approximate surface area is 118 Å². The molecule has 3 heteroatoms. The highest BCUT2D eigenvalue weighted by atomic mass is 16.2. The average molecular weight is 266 g/mol. The second-order valence-electron chi connectivity index (χ2n) is 6.31. The molecule has 110 valence electrons. The smallest absolute Gasteiger partial charge is 0.241 e. The minimum absolute atomic E-state index is 0.0881. The van der Waals surface area contributed by atoms with E-state index in [1.165, 1.54) is 32.1 Å². The van der Waals surface area contributed by atoms with E-state index in [9.17, 15) is 4.79 Å². The Hall–Kier alpha value is -0.570. The maximum absolute atomic E-state index is 12.5. The van der Waals surface area contributed by atoms with Crippen LogP contribution in [0, 0.1) is 5.92 Å². The van der Waals surface area contributed by atoms with Crippen molar-refractivity contribution in [1.82, 2.24) is 10.2 Å². The van der Waals surface area contributed by atoms with Crippen LogP contribution in [0.4, 0.5) is 0 Å². The van der Waals surface area contributed by atoms with Crippen molar-refractivity contribution in [3.8, 4) is 0 Å². The van der Waals surface area contributed by atoms with E-state index in [-0.39, 0.29) is 6.04 Å². The fraction of sp³-hybridized carbons (Fsp3) is 0.938. The third kappa shape index (κ3) is 3.71. The molecule has 1 aliphatic heterocycles. The highest BCUT2D eigenvalue weighted by Crippen LogP contribution is 2.27. The minimum atomic E-state index is 0.0881. The van der Waals surface area contributed by atoms with Crippen LogP contribution < -0.4 is 5.32 Å². The van der Waals surface area contributed by atoms with Gasteiger partial charge in [-0.1, -0.05) is 46.0 Å². The summed E-state index contributed by atoms with van der Waals surface area (Å²) in [5.41, 5.74) is 0. The molecule has 1 N–H and O–H groups in total. The Balaban J connectivity index is 1.95. The molecule has 2 rings (SSSR count). The van der Waals surface area contributed by atoms with Crippen LogP contribution in [-0.4, -0.2) is 29.6 Å². The topological polar surface area (TPSA) is 32.3 Å². The van der Waals surface area contributed by atoms with Crippen molar-refractivity contribution in [2.45, 2.75) is 83.8 Å². The van der Waals surface area contributed by atoms with E-state index in [0.717, 1.165) is 38.1 Å². The maximum atomic E-state index is 12.5. The lowest BCUT2D eigenvalue weighted by molar-refractivity contribution is -0.131. The molecule has 2 aliphatic rings. The minimum Gasteiger partial charge on any atom is -0.326 e. The second-order valence-corrected chi connectivity index (χ2v) is 6.31. The standard InChI is InChI=1S/C16H30N2O/c1-3-8-14-16(19)18(15(17-14)9-4-2)12-13-10-6-5-7-11-13/h13-15,17H,3-12H2,1-2H3. The van der Waals surface area contributed by atoms with Crippen LogP contribution in [0.15, 0.2) is 0 Å². The first kappa shape index (κ1) is 14.8. The molecule has 2 atom stereocenters. The van der Waals surface area contributed by atoms with E-state index in [1.807, 2.05) is 0 Å². The summed E-state index contributed by atoms with van der Waals surface area (Å²) in [6.45, 7) is 5.36. The van der Waals surface area contributed by atoms with Crippen LogP contribution in [0.25, 0.3) is 0 Å². The number of hydrogen-bond donors (Lipinski definition) is 1. The molecule has 19 heavy (non-hydrogen) atoms. The van der Waals surface area contributed by atoms with Gasteiger partial charge in [-0.2, -0.15) is 0 Å². The summed E-state index contributed by atoms with van der Waals surface area (Å²) in [7, 11) is 0. The third-order valence-electron chi connectivity index (χ3n) is 4.67. The van der Waals surface area contributed by atoms with Gasteiger partial charge in [0.05, 0.1) is 12.2 Å². The van der Waals surface area contributed by atoms with Crippen molar-refractivity contribution >= 4 is 5.91 Å². The van der Waals surface area contributed by atoms with Gasteiger partial charge < -0.3 is 4.90 Å². The van der Waals surface area contributed by atoms with Crippen LogP contribution in [-0.2, 0) is 4.79 Å². The molecule has 3 nitrogen and oxygen atoms in total. The number of nitrogens with zero attached hydrogens (tertiary/aromatic N) is 1. The first-order valence-corrected chi connectivity index (χ1v) is 8.32. The zero-order valence-electron chi connectivity index (χ0n) is 12.7. The van der Waals surface area contributed by atoms with E-state index in [1.54, 1.807) is 0 Å². The maximum Gasteiger partial charge on any atom is 0.241 e. The molecule has 0 aromatic heterocycles. The van der Waals surface area contributed by atoms with Gasteiger partial charge in [-0.25, -0.2) is 0 Å². The highest BCUT2D eigenvalue weighted by Gasteiger charge is 2.38. The molecule has 2 unspecified atom stereocenters. The largest absolute Gasteiger partial charge is 0.326 e. The van der Waals surface area contributed by atoms with Crippen LogP contribution >= 0.6 is 0 Å². The lowest BCUT2D eigenvalue weighted by Gasteiger charge is -2.30. The monoisotopic (exact) mass is 266 g/mol. The molecule has 0 spiro atoms. The van der Waals surface area contributed by atoms with E-state index in [0.29, 0.717) is 12.1 Å². The number of carbonyl (C=O) groups is 1. The SMILES string of the molecule is CCCC1NC(CCC)N(CC2CCCCC2)C1=O. The lowest BCUT2D eigenvalue weighted by atomic mass is 9.89. The van der Waals surface area contributed by atoms with Gasteiger partial charge >= 0.3 is 0 Å². The first-order chi connectivity index (χ1) is 9.26. The normalized spacial score (nSPS) is 29.2. The molecule has 1 heterocycles. The predicted octanol–water partition coefficient (Wildman–Crippen LogP) is 3.29. The van der Waals surface area contributed by atoms with Crippen molar-refractivity contribution in [2.24, 2.45) is 5.92 Å². The van der Waals surface area contributed by atoms with Gasteiger partial charge in [0.1, 0.15) is 0 Å². The molecule has 0 radical (unpaired) electrons. The van der Waals surface area contributed by atoms with Gasteiger partial charge in [-0.3, -0.25) is 10.1 Å². The van der Waals surface area contributed by atoms with Crippen LogP contribution in [0.5, 0.6) is 0 Å². The van der Waals surface area contributed by atoms with Gasteiger partial charge in [-0.15, -0.1) is 0 Å². The van der Waals surface area contributed by atoms with Crippen molar-refractivity contribution in [2.75, 3.05) is 6.54 Å². The van der Waals surface area contributed by atoms with Crippen LogP contribution in [0.2, 0.25) is 0 Å². The Morgan fingerprint density at radius 2 is 1.79 bits per heavy atom. The van der Waals surface area contributed by atoms with Gasteiger partial charge in [0.25, 0.3) is 0 Å². The second kappa shape index (κ2) is 7.28. The molecule has 0 bridgehead atoms. The summed E-state index contributed by atoms with van der Waals surface area (Å²) in [5.74, 6) is 1.12. The molecule has 0 aromatic rings. The van der Waals surface area contributed by atoms with Crippen molar-refractivity contribution in [1.29, 1.82) is 0 Å². The van der Waals surface area contributed by atoms with Crippen molar-refractivity contribution in [3.05, 3.63) is 0 Å². The summed E-state index contributed by atoms with van der Waals surface area (Å²) < 4.78 is 0. The van der Waals surface area contributed by atoms with Crippen molar-refractivity contribution < 1.29 is 4.79 Å². The fourth-order valence-electron chi connectivity index (χ4n) is 3.62. The average Bonchev–Trinajstić information content (AvgIpc) is 2.70. The molecule has 0 aromatic carbocycles. The summed E-state index contributed by atoms with van der Waals surface area (Å²) in [4.78, 5) is 14.7. The van der Waals surface area contributed by atoms with Crippen molar-refractivity contribution in [3.63, 3.8) is 0 Å². The zero-order valence-corrected chi connectivity index (χ0v) is 12.7. The number of amides is 1. The molecule has 1 saturated heterocycles. The molecular weight excluding hydrogens is 236 g/mol. The molecule has 1 saturated carbocycles. The first-order valence-electron chi connectivity index (χ1n) is 8.32. The predicted molar refractivity (Wildman–Crippen MR) is 78.8 cm³/mol. The summed E-state index contributed by atoms with van der Waals surface area (Å²) in [6.07, 6.45) is 11.4. The van der Waals surface area contributed by atoms with E-state index in [2.05, 4.69) is 24.1 Å². The fourth-order valence-corrected chi connectivity index (χ4v) is 3.62. The molecule has 1 aliphatic carbocycles. The van der Waals surface area contributed by atoms with Crippen LogP contribution in [0.1, 0.15) is 71.6 Å². The van der Waals surface area contributed by atoms with E-state index < -0.39 is 0 Å². The highest BCUT2D eigenvalue weighted by molar-refractivity contribution is 5.84. The Kier molecular flexibility index (Phi) is 5.68. The third-order valence-corrected chi connectivity index (χ3v) is 4.67. The number of hydrogen-bond acceptors (Lipinski definition) is 2. The van der Waals surface area contributed by atoms with E-state index >= 15 is 0 Å². The van der Waals surface area contributed by atoms with Crippen LogP contribution in [0.3, 0.4) is 0 Å². The van der Waals surface area contributed by atoms with E-state index in [4.69, 9.17) is 0 Å². The Bertz CT molecular complexity index is 286. The quantitative estimate of drug-likeness (QED) is 0.800. The summed E-state index contributed by atoms with van der Waals surface area (Å²) in [5, 5.41) is 3.56. The Morgan fingerprint density at radius 1 is 1.11 bits per heavy atom. The Morgan fingerprint density at radius 3 is 2.42 bits per heavy atom. The number of rotatable bonds is 6. The molecule has 1 amide bonds. The van der Waals surface area contributed by atoms with Gasteiger partial charge in [0.2, 0.25) is 5.91 Å². The molecular formula is C16H30N2O. The van der Waals surface area contributed by atoms with Gasteiger partial charge in [0.15, 0.2) is 0 Å². The number of nitrogens with one attached hydrogen (secondary N) is 1. The summed E-state index contributed by atoms with van der Waals surface area (Å²) in [6, 6.07) is 0.0881.